The number of nitriles is 1. The number of aromatic nitrogens is 2. The molecule has 0 N–H and O–H groups in total. The van der Waals surface area contributed by atoms with Gasteiger partial charge in [0.15, 0.2) is 5.82 Å². The molecule has 1 aromatic heterocycles. The molecule has 1 fully saturated rings. The Morgan fingerprint density at radius 3 is 2.85 bits per heavy atom. The second-order valence-corrected chi connectivity index (χ2v) is 6.31. The van der Waals surface area contributed by atoms with E-state index < -0.39 is 0 Å². The van der Waals surface area contributed by atoms with Gasteiger partial charge in [-0.25, -0.2) is 0 Å². The fraction of sp³-hybridized carbons (Fsp3) is 0.200. The second kappa shape index (κ2) is 6.81. The van der Waals surface area contributed by atoms with Crippen LogP contribution in [0, 0.1) is 11.3 Å². The molecular formula is C20H16N4O2. The molecule has 1 aliphatic rings. The second-order valence-electron chi connectivity index (χ2n) is 6.31. The molecule has 0 spiro atoms. The molecule has 26 heavy (non-hydrogen) atoms. The summed E-state index contributed by atoms with van der Waals surface area (Å²) in [6.07, 6.45) is 0.379. The number of benzene rings is 2. The minimum absolute atomic E-state index is 0.0807. The lowest BCUT2D eigenvalue weighted by molar-refractivity contribution is -0.128. The van der Waals surface area contributed by atoms with Crippen LogP contribution in [0.25, 0.3) is 11.5 Å². The van der Waals surface area contributed by atoms with Crippen molar-refractivity contribution in [2.45, 2.75) is 18.9 Å². The quantitative estimate of drug-likeness (QED) is 0.726. The Kier molecular flexibility index (Phi) is 4.20. The Bertz CT molecular complexity index is 975. The first-order chi connectivity index (χ1) is 12.7. The van der Waals surface area contributed by atoms with Crippen molar-refractivity contribution >= 4 is 5.91 Å². The molecule has 0 aliphatic carbocycles. The minimum atomic E-state index is -0.0807. The minimum Gasteiger partial charge on any atom is -0.338 e. The van der Waals surface area contributed by atoms with Crippen LogP contribution in [0.3, 0.4) is 0 Å². The van der Waals surface area contributed by atoms with E-state index in [2.05, 4.69) is 16.2 Å². The molecule has 1 saturated heterocycles. The maximum Gasteiger partial charge on any atom is 0.257 e. The number of hydrogen-bond donors (Lipinski definition) is 0. The SMILES string of the molecule is N#Cc1cccc(-c2nc([C@H]3CC(=O)N(Cc4ccccc4)C3)no2)c1. The smallest absolute Gasteiger partial charge is 0.257 e. The van der Waals surface area contributed by atoms with Gasteiger partial charge in [0.25, 0.3) is 5.89 Å². The van der Waals surface area contributed by atoms with Crippen LogP contribution < -0.4 is 0 Å². The number of nitrogens with zero attached hydrogens (tertiary/aromatic N) is 4. The zero-order valence-electron chi connectivity index (χ0n) is 14.0. The molecule has 6 nitrogen and oxygen atoms in total. The number of carbonyl (C=O) groups is 1. The van der Waals surface area contributed by atoms with E-state index in [9.17, 15) is 4.79 Å². The molecule has 0 bridgehead atoms. The van der Waals surface area contributed by atoms with Gasteiger partial charge < -0.3 is 9.42 Å². The molecule has 128 valence electrons. The third-order valence-corrected chi connectivity index (χ3v) is 4.48. The molecule has 6 heteroatoms. The Morgan fingerprint density at radius 2 is 2.04 bits per heavy atom. The van der Waals surface area contributed by atoms with Crippen molar-refractivity contribution < 1.29 is 9.32 Å². The van der Waals surface area contributed by atoms with Gasteiger partial charge in [-0.3, -0.25) is 4.79 Å². The van der Waals surface area contributed by atoms with Crippen LogP contribution in [0.15, 0.2) is 59.1 Å². The van der Waals surface area contributed by atoms with E-state index in [4.69, 9.17) is 9.78 Å². The molecule has 3 aromatic rings. The molecule has 1 atom stereocenters. The Hall–Kier alpha value is -3.46. The van der Waals surface area contributed by atoms with Crippen molar-refractivity contribution in [3.8, 4) is 17.5 Å². The molecule has 1 amide bonds. The summed E-state index contributed by atoms with van der Waals surface area (Å²) in [5, 5.41) is 13.1. The third kappa shape index (κ3) is 3.20. The van der Waals surface area contributed by atoms with E-state index in [1.165, 1.54) is 0 Å². The highest BCUT2D eigenvalue weighted by Gasteiger charge is 2.33. The fourth-order valence-electron chi connectivity index (χ4n) is 3.14. The van der Waals surface area contributed by atoms with Crippen LogP contribution in [0.4, 0.5) is 0 Å². The Balaban J connectivity index is 1.50. The molecule has 1 aliphatic heterocycles. The number of likely N-dealkylation sites (tertiary alicyclic amines) is 1. The predicted molar refractivity (Wildman–Crippen MR) is 93.7 cm³/mol. The summed E-state index contributed by atoms with van der Waals surface area (Å²) in [4.78, 5) is 18.6. The van der Waals surface area contributed by atoms with Crippen LogP contribution in [0.2, 0.25) is 0 Å². The highest BCUT2D eigenvalue weighted by Crippen LogP contribution is 2.29. The van der Waals surface area contributed by atoms with Gasteiger partial charge >= 0.3 is 0 Å². The highest BCUT2D eigenvalue weighted by molar-refractivity contribution is 5.79. The van der Waals surface area contributed by atoms with Crippen LogP contribution in [-0.2, 0) is 11.3 Å². The van der Waals surface area contributed by atoms with Gasteiger partial charge in [0, 0.05) is 31.0 Å². The zero-order chi connectivity index (χ0) is 17.9. The van der Waals surface area contributed by atoms with E-state index in [1.54, 1.807) is 18.2 Å². The molecule has 0 saturated carbocycles. The first-order valence-electron chi connectivity index (χ1n) is 8.39. The van der Waals surface area contributed by atoms with Gasteiger partial charge in [0.1, 0.15) is 0 Å². The van der Waals surface area contributed by atoms with Crippen LogP contribution in [0.5, 0.6) is 0 Å². The fourth-order valence-corrected chi connectivity index (χ4v) is 3.14. The standard InChI is InChI=1S/C20H16N4O2/c21-11-15-7-4-8-16(9-15)20-22-19(23-26-20)17-10-18(25)24(13-17)12-14-5-2-1-3-6-14/h1-9,17H,10,12-13H2/t17-/m0/s1. The number of carbonyl (C=O) groups excluding carboxylic acids is 1. The van der Waals surface area contributed by atoms with Crippen molar-refractivity contribution in [3.05, 3.63) is 71.5 Å². The normalized spacial score (nSPS) is 16.7. The Morgan fingerprint density at radius 1 is 1.19 bits per heavy atom. The molecule has 0 radical (unpaired) electrons. The van der Waals surface area contributed by atoms with E-state index >= 15 is 0 Å². The lowest BCUT2D eigenvalue weighted by Crippen LogP contribution is -2.24. The average Bonchev–Trinajstić information content (AvgIpc) is 3.30. The molecular weight excluding hydrogens is 328 g/mol. The highest BCUT2D eigenvalue weighted by atomic mass is 16.5. The van der Waals surface area contributed by atoms with Crippen LogP contribution >= 0.6 is 0 Å². The van der Waals surface area contributed by atoms with Crippen LogP contribution in [0.1, 0.15) is 29.3 Å². The molecule has 4 rings (SSSR count). The first kappa shape index (κ1) is 16.0. The van der Waals surface area contributed by atoms with Gasteiger partial charge in [0.05, 0.1) is 11.6 Å². The van der Waals surface area contributed by atoms with Gasteiger partial charge in [-0.2, -0.15) is 10.2 Å². The van der Waals surface area contributed by atoms with E-state index in [-0.39, 0.29) is 11.8 Å². The summed E-state index contributed by atoms with van der Waals surface area (Å²) < 4.78 is 5.35. The van der Waals surface area contributed by atoms with E-state index in [0.29, 0.717) is 42.4 Å². The van der Waals surface area contributed by atoms with E-state index in [1.807, 2.05) is 41.3 Å². The summed E-state index contributed by atoms with van der Waals surface area (Å²) in [5.41, 5.74) is 2.34. The monoisotopic (exact) mass is 344 g/mol. The topological polar surface area (TPSA) is 83.0 Å². The van der Waals surface area contributed by atoms with Crippen molar-refractivity contribution in [1.29, 1.82) is 5.26 Å². The third-order valence-electron chi connectivity index (χ3n) is 4.48. The Labute approximate surface area is 150 Å². The lowest BCUT2D eigenvalue weighted by atomic mass is 10.1. The van der Waals surface area contributed by atoms with Crippen molar-refractivity contribution in [2.24, 2.45) is 0 Å². The summed E-state index contributed by atoms with van der Waals surface area (Å²) in [6, 6.07) is 19.0. The first-order valence-corrected chi connectivity index (χ1v) is 8.39. The summed E-state index contributed by atoms with van der Waals surface area (Å²) in [7, 11) is 0. The van der Waals surface area contributed by atoms with E-state index in [0.717, 1.165) is 5.56 Å². The predicted octanol–water partition coefficient (Wildman–Crippen LogP) is 3.12. The molecule has 2 aromatic carbocycles. The van der Waals surface area contributed by atoms with Crippen LogP contribution in [-0.4, -0.2) is 27.5 Å². The van der Waals surface area contributed by atoms with Gasteiger partial charge in [-0.15, -0.1) is 0 Å². The average molecular weight is 344 g/mol. The number of amides is 1. The lowest BCUT2D eigenvalue weighted by Gasteiger charge is -2.15. The summed E-state index contributed by atoms with van der Waals surface area (Å²) in [5.74, 6) is 0.914. The molecule has 0 unspecified atom stereocenters. The van der Waals surface area contributed by atoms with Crippen molar-refractivity contribution in [1.82, 2.24) is 15.0 Å². The largest absolute Gasteiger partial charge is 0.338 e. The van der Waals surface area contributed by atoms with Crippen molar-refractivity contribution in [3.63, 3.8) is 0 Å². The van der Waals surface area contributed by atoms with Gasteiger partial charge in [-0.1, -0.05) is 41.6 Å². The number of rotatable bonds is 4. The van der Waals surface area contributed by atoms with Gasteiger partial charge in [-0.05, 0) is 23.8 Å². The zero-order valence-corrected chi connectivity index (χ0v) is 14.0. The number of hydrogen-bond acceptors (Lipinski definition) is 5. The summed E-state index contributed by atoms with van der Waals surface area (Å²) >= 11 is 0. The van der Waals surface area contributed by atoms with Gasteiger partial charge in [0.2, 0.25) is 5.91 Å². The molecule has 2 heterocycles. The van der Waals surface area contributed by atoms with Crippen molar-refractivity contribution in [2.75, 3.05) is 6.54 Å². The maximum atomic E-state index is 12.3. The maximum absolute atomic E-state index is 12.3. The summed E-state index contributed by atoms with van der Waals surface area (Å²) in [6.45, 7) is 1.16.